The minimum Gasteiger partial charge on any atom is -0.208 e. The Hall–Kier alpha value is -1.20. The Balaban J connectivity index is 2.09. The van der Waals surface area contributed by atoms with Gasteiger partial charge in [0.2, 0.25) is 0 Å². The molecule has 0 aromatic carbocycles. The van der Waals surface area contributed by atoms with E-state index in [1.165, 1.54) is 0 Å². The van der Waals surface area contributed by atoms with Crippen LogP contribution in [0.5, 0.6) is 0 Å². The lowest BCUT2D eigenvalue weighted by atomic mass is 9.78. The van der Waals surface area contributed by atoms with Gasteiger partial charge in [0, 0.05) is 0 Å². The van der Waals surface area contributed by atoms with E-state index in [-0.39, 0.29) is 0 Å². The highest BCUT2D eigenvalue weighted by Gasteiger charge is 3.14. The van der Waals surface area contributed by atoms with Crippen molar-refractivity contribution in [1.82, 2.24) is 0 Å². The van der Waals surface area contributed by atoms with E-state index >= 15 is 0 Å². The molecule has 3 spiro atoms. The van der Waals surface area contributed by atoms with Crippen molar-refractivity contribution < 1.29 is 26.3 Å². The third-order valence-electron chi connectivity index (χ3n) is 4.18. The number of rotatable bonds is 0. The van der Waals surface area contributed by atoms with E-state index in [9.17, 15) is 26.3 Å². The summed E-state index contributed by atoms with van der Waals surface area (Å²) in [5, 5.41) is 0. The van der Waals surface area contributed by atoms with Crippen molar-refractivity contribution in [1.29, 1.82) is 0 Å². The summed E-state index contributed by atoms with van der Waals surface area (Å²) in [6.07, 6.45) is 0. The molecule has 0 heterocycles. The van der Waals surface area contributed by atoms with Crippen molar-refractivity contribution in [2.24, 2.45) is 16.2 Å². The van der Waals surface area contributed by atoms with Crippen molar-refractivity contribution >= 4 is 0 Å². The molecule has 1 fully saturated rings. The van der Waals surface area contributed by atoms with Crippen molar-refractivity contribution in [3.8, 4) is 0 Å². The largest absolute Gasteiger partial charge is 0.208 e. The summed E-state index contributed by atoms with van der Waals surface area (Å²) in [5.74, 6) is -9.48. The summed E-state index contributed by atoms with van der Waals surface area (Å²) in [6, 6.07) is 0. The molecule has 1 saturated carbocycles. The molecule has 4 rings (SSSR count). The molecule has 0 amide bonds. The van der Waals surface area contributed by atoms with Gasteiger partial charge < -0.3 is 0 Å². The predicted octanol–water partition coefficient (Wildman–Crippen LogP) is 3.45. The summed E-state index contributed by atoms with van der Waals surface area (Å²) >= 11 is 0. The smallest absolute Gasteiger partial charge is 0.148 e. The number of halogens is 6. The van der Waals surface area contributed by atoms with E-state index < -0.39 is 51.2 Å². The first-order valence-electron chi connectivity index (χ1n) is 4.13. The van der Waals surface area contributed by atoms with Crippen molar-refractivity contribution in [2.75, 3.05) is 0 Å². The lowest BCUT2D eigenvalue weighted by molar-refractivity contribution is 0.225. The molecule has 0 nitrogen and oxygen atoms in total. The van der Waals surface area contributed by atoms with Gasteiger partial charge in [0.05, 0.1) is 0 Å². The van der Waals surface area contributed by atoms with Crippen LogP contribution in [0.1, 0.15) is 0 Å². The van der Waals surface area contributed by atoms with E-state index in [0.29, 0.717) is 0 Å². The van der Waals surface area contributed by atoms with Crippen LogP contribution in [-0.2, 0) is 0 Å². The first-order valence-corrected chi connectivity index (χ1v) is 4.13. The van der Waals surface area contributed by atoms with Gasteiger partial charge in [-0.3, -0.25) is 0 Å². The standard InChI is InChI=1S/C9F6/c10-1-2(11)8-5(14)6(15)9(8)4(13)3(12)7(1,8)9. The fourth-order valence-electron chi connectivity index (χ4n) is 3.63. The van der Waals surface area contributed by atoms with E-state index in [2.05, 4.69) is 0 Å². The van der Waals surface area contributed by atoms with Crippen LogP contribution in [0.2, 0.25) is 0 Å². The van der Waals surface area contributed by atoms with E-state index in [4.69, 9.17) is 0 Å². The molecule has 78 valence electrons. The van der Waals surface area contributed by atoms with Crippen LogP contribution in [0, 0.1) is 16.2 Å². The molecular weight excluding hydrogens is 222 g/mol. The fourth-order valence-corrected chi connectivity index (χ4v) is 3.63. The zero-order valence-corrected chi connectivity index (χ0v) is 6.77. The molecule has 0 aliphatic heterocycles. The maximum atomic E-state index is 13.0. The SMILES string of the molecule is FC1=C(F)C23C(F)=C(F)C24C(F)=C(F)C134. The maximum absolute atomic E-state index is 13.0. The Bertz CT molecular complexity index is 434. The van der Waals surface area contributed by atoms with Crippen LogP contribution in [0.25, 0.3) is 0 Å². The fraction of sp³-hybridized carbons (Fsp3) is 0.333. The van der Waals surface area contributed by atoms with Crippen molar-refractivity contribution in [2.45, 2.75) is 0 Å². The third-order valence-corrected chi connectivity index (χ3v) is 4.18. The second-order valence-corrected chi connectivity index (χ2v) is 4.13. The van der Waals surface area contributed by atoms with Gasteiger partial charge in [0.15, 0.2) is 0 Å². The second kappa shape index (κ2) is 1.47. The minimum absolute atomic E-state index is 1.58. The van der Waals surface area contributed by atoms with Gasteiger partial charge >= 0.3 is 0 Å². The molecule has 15 heavy (non-hydrogen) atoms. The van der Waals surface area contributed by atoms with Gasteiger partial charge in [0.1, 0.15) is 51.2 Å². The van der Waals surface area contributed by atoms with Gasteiger partial charge in [-0.05, 0) is 0 Å². The van der Waals surface area contributed by atoms with E-state index in [1.807, 2.05) is 0 Å². The minimum atomic E-state index is -2.33. The number of allylic oxidation sites excluding steroid dienone is 6. The quantitative estimate of drug-likeness (QED) is 0.550. The van der Waals surface area contributed by atoms with Crippen LogP contribution in [0.4, 0.5) is 26.3 Å². The van der Waals surface area contributed by atoms with Gasteiger partial charge in [0.25, 0.3) is 0 Å². The molecule has 0 radical (unpaired) electrons. The van der Waals surface area contributed by atoms with Crippen LogP contribution in [-0.4, -0.2) is 0 Å². The lowest BCUT2D eigenvalue weighted by Gasteiger charge is -2.28. The van der Waals surface area contributed by atoms with Crippen LogP contribution in [0.3, 0.4) is 0 Å². The Morgan fingerprint density at radius 3 is 0.667 bits per heavy atom. The van der Waals surface area contributed by atoms with Crippen LogP contribution < -0.4 is 0 Å². The summed E-state index contributed by atoms with van der Waals surface area (Å²) in [4.78, 5) is 0. The molecule has 0 aromatic heterocycles. The zero-order chi connectivity index (χ0) is 11.0. The molecule has 4 aliphatic carbocycles. The second-order valence-electron chi connectivity index (χ2n) is 4.13. The summed E-state index contributed by atoms with van der Waals surface area (Å²) in [5.41, 5.74) is -6.99. The van der Waals surface area contributed by atoms with E-state index in [0.717, 1.165) is 0 Å². The predicted molar refractivity (Wildman–Crippen MR) is 35.0 cm³/mol. The average molecular weight is 222 g/mol. The molecule has 0 aromatic rings. The molecule has 6 heteroatoms. The van der Waals surface area contributed by atoms with Crippen LogP contribution in [0.15, 0.2) is 35.0 Å². The van der Waals surface area contributed by atoms with Gasteiger partial charge in [-0.15, -0.1) is 0 Å². The van der Waals surface area contributed by atoms with Gasteiger partial charge in [-0.25, -0.2) is 26.3 Å². The topological polar surface area (TPSA) is 0 Å². The molecule has 0 N–H and O–H groups in total. The van der Waals surface area contributed by atoms with Crippen LogP contribution >= 0.6 is 0 Å². The highest BCUT2D eigenvalue weighted by atomic mass is 19.2. The molecule has 0 saturated heterocycles. The molecule has 4 aliphatic rings. The monoisotopic (exact) mass is 222 g/mol. The Morgan fingerprint density at radius 2 is 0.533 bits per heavy atom. The Labute approximate surface area is 78.6 Å². The summed E-state index contributed by atoms with van der Waals surface area (Å²) in [6.45, 7) is 0. The van der Waals surface area contributed by atoms with Crippen molar-refractivity contribution in [3.05, 3.63) is 35.0 Å². The summed E-state index contributed by atoms with van der Waals surface area (Å²) < 4.78 is 78.2. The number of hydrogen-bond donors (Lipinski definition) is 0. The first-order chi connectivity index (χ1) is 6.95. The average Bonchev–Trinajstić information content (AvgIpc) is 2.73. The van der Waals surface area contributed by atoms with Gasteiger partial charge in [-0.1, -0.05) is 0 Å². The lowest BCUT2D eigenvalue weighted by Crippen LogP contribution is -2.28. The maximum Gasteiger partial charge on any atom is 0.148 e. The molecule has 0 bridgehead atoms. The molecule has 0 atom stereocenters. The van der Waals surface area contributed by atoms with Gasteiger partial charge in [-0.2, -0.15) is 0 Å². The molecular formula is C9F6. The molecule has 0 unspecified atom stereocenters. The Kier molecular flexibility index (Phi) is 0.786. The highest BCUT2D eigenvalue weighted by Crippen LogP contribution is 3.09. The highest BCUT2D eigenvalue weighted by molar-refractivity contribution is 5.85. The Morgan fingerprint density at radius 1 is 0.400 bits per heavy atom. The first kappa shape index (κ1) is 8.01. The summed E-state index contributed by atoms with van der Waals surface area (Å²) in [7, 11) is 0. The van der Waals surface area contributed by atoms with E-state index in [1.54, 1.807) is 0 Å². The third kappa shape index (κ3) is 0.290. The van der Waals surface area contributed by atoms with Crippen molar-refractivity contribution in [3.63, 3.8) is 0 Å². The zero-order valence-electron chi connectivity index (χ0n) is 6.77. The number of hydrogen-bond acceptors (Lipinski definition) is 0. The normalized spacial score (nSPS) is 54.0.